The zero-order chi connectivity index (χ0) is 25.4. The minimum atomic E-state index is -4.50. The standard InChI is InChI=1S/C24H26F3N5O2S2/c25-24(26,27)18-8-6-15(11-28-18)31-23(35)30-14-5-7-17-16(9-14)19(21(34)29-10-12-1-2-12)22(36-17)32-20(33)13-3-4-13/h6,8,11-14H,1-5,7,9-10H2,(H,29,34)(H,32,33)(H2,30,31,35)/t14-/m0/s1. The average molecular weight is 538 g/mol. The lowest BCUT2D eigenvalue weighted by Gasteiger charge is -2.25. The molecule has 3 aliphatic rings. The second kappa shape index (κ2) is 9.97. The maximum atomic E-state index is 13.2. The van der Waals surface area contributed by atoms with Crippen LogP contribution in [0.5, 0.6) is 0 Å². The lowest BCUT2D eigenvalue weighted by atomic mass is 9.91. The summed E-state index contributed by atoms with van der Waals surface area (Å²) in [7, 11) is 0. The topological polar surface area (TPSA) is 95.2 Å². The van der Waals surface area contributed by atoms with Gasteiger partial charge in [0, 0.05) is 23.4 Å². The second-order valence-corrected chi connectivity index (χ2v) is 11.1. The van der Waals surface area contributed by atoms with Gasteiger partial charge in [0.15, 0.2) is 5.11 Å². The molecule has 3 aliphatic carbocycles. The number of halogens is 3. The molecule has 192 valence electrons. The molecule has 4 N–H and O–H groups in total. The SMILES string of the molecule is O=C(NCC1CC1)c1c(NC(=O)C2CC2)sc2c1C[C@@H](NC(=S)Nc1ccc(C(F)(F)F)nc1)CC2. The number of hydrogen-bond donors (Lipinski definition) is 4. The van der Waals surface area contributed by atoms with Gasteiger partial charge in [-0.2, -0.15) is 13.2 Å². The predicted octanol–water partition coefficient (Wildman–Crippen LogP) is 4.49. The zero-order valence-electron chi connectivity index (χ0n) is 19.3. The average Bonchev–Trinajstić information content (AvgIpc) is 3.74. The number of fused-ring (bicyclic) bond motifs is 1. The zero-order valence-corrected chi connectivity index (χ0v) is 21.0. The van der Waals surface area contributed by atoms with Crippen LogP contribution in [0.3, 0.4) is 0 Å². The molecule has 1 atom stereocenters. The number of rotatable bonds is 7. The first-order valence-corrected chi connectivity index (χ1v) is 13.2. The van der Waals surface area contributed by atoms with Crippen molar-refractivity contribution in [2.75, 3.05) is 17.2 Å². The van der Waals surface area contributed by atoms with Crippen molar-refractivity contribution < 1.29 is 22.8 Å². The number of alkyl halides is 3. The fourth-order valence-corrected chi connectivity index (χ4v) is 5.76. The maximum absolute atomic E-state index is 13.2. The molecule has 7 nitrogen and oxygen atoms in total. The number of carbonyl (C=O) groups excluding carboxylic acids is 2. The number of hydrogen-bond acceptors (Lipinski definition) is 5. The highest BCUT2D eigenvalue weighted by Gasteiger charge is 2.35. The van der Waals surface area contributed by atoms with Gasteiger partial charge in [0.05, 0.1) is 17.4 Å². The van der Waals surface area contributed by atoms with E-state index in [2.05, 4.69) is 26.3 Å². The molecule has 2 heterocycles. The Labute approximate surface area is 215 Å². The van der Waals surface area contributed by atoms with E-state index in [-0.39, 0.29) is 28.9 Å². The van der Waals surface area contributed by atoms with Crippen LogP contribution in [0.15, 0.2) is 18.3 Å². The molecule has 0 spiro atoms. The lowest BCUT2D eigenvalue weighted by molar-refractivity contribution is -0.141. The molecule has 0 saturated heterocycles. The van der Waals surface area contributed by atoms with E-state index in [1.54, 1.807) is 0 Å². The molecule has 2 fully saturated rings. The molecule has 0 aliphatic heterocycles. The van der Waals surface area contributed by atoms with Gasteiger partial charge in [-0.05, 0) is 80.8 Å². The number of thiophene rings is 1. The van der Waals surface area contributed by atoms with Crippen molar-refractivity contribution in [3.63, 3.8) is 0 Å². The monoisotopic (exact) mass is 537 g/mol. The highest BCUT2D eigenvalue weighted by atomic mass is 32.1. The highest BCUT2D eigenvalue weighted by Crippen LogP contribution is 2.40. The number of thiocarbonyl (C=S) groups is 1. The van der Waals surface area contributed by atoms with Gasteiger partial charge < -0.3 is 21.3 Å². The van der Waals surface area contributed by atoms with Crippen molar-refractivity contribution in [1.82, 2.24) is 15.6 Å². The van der Waals surface area contributed by atoms with Gasteiger partial charge in [0.25, 0.3) is 5.91 Å². The molecule has 12 heteroatoms. The van der Waals surface area contributed by atoms with Crippen LogP contribution in [0, 0.1) is 11.8 Å². The van der Waals surface area contributed by atoms with Gasteiger partial charge in [0.2, 0.25) is 5.91 Å². The predicted molar refractivity (Wildman–Crippen MR) is 135 cm³/mol. The summed E-state index contributed by atoms with van der Waals surface area (Å²) < 4.78 is 38.2. The van der Waals surface area contributed by atoms with Crippen LogP contribution in [-0.4, -0.2) is 34.5 Å². The van der Waals surface area contributed by atoms with Crippen LogP contribution in [0.4, 0.5) is 23.9 Å². The second-order valence-electron chi connectivity index (χ2n) is 9.59. The third-order valence-electron chi connectivity index (χ3n) is 6.57. The molecule has 0 radical (unpaired) electrons. The number of pyridine rings is 1. The molecule has 2 amide bonds. The van der Waals surface area contributed by atoms with Crippen LogP contribution in [0.25, 0.3) is 0 Å². The van der Waals surface area contributed by atoms with E-state index < -0.39 is 11.9 Å². The number of anilines is 2. The van der Waals surface area contributed by atoms with Crippen molar-refractivity contribution >= 4 is 51.2 Å². The molecule has 2 aromatic heterocycles. The number of nitrogens with one attached hydrogen (secondary N) is 4. The third-order valence-corrected chi connectivity index (χ3v) is 8.00. The quantitative estimate of drug-likeness (QED) is 0.389. The van der Waals surface area contributed by atoms with E-state index in [9.17, 15) is 22.8 Å². The Hall–Kier alpha value is -2.73. The summed E-state index contributed by atoms with van der Waals surface area (Å²) in [4.78, 5) is 30.1. The van der Waals surface area contributed by atoms with Crippen molar-refractivity contribution in [3.05, 3.63) is 40.0 Å². The van der Waals surface area contributed by atoms with Crippen LogP contribution in [0.2, 0.25) is 0 Å². The number of aromatic nitrogens is 1. The molecule has 5 rings (SSSR count). The summed E-state index contributed by atoms with van der Waals surface area (Å²) in [5.41, 5.74) is 0.836. The number of nitrogens with zero attached hydrogens (tertiary/aromatic N) is 1. The number of amides is 2. The molecule has 2 aromatic rings. The first-order chi connectivity index (χ1) is 17.2. The normalized spacial score (nSPS) is 19.2. The Bertz CT molecular complexity index is 1170. The largest absolute Gasteiger partial charge is 0.433 e. The Balaban J connectivity index is 1.26. The maximum Gasteiger partial charge on any atom is 0.433 e. The Morgan fingerprint density at radius 1 is 1.11 bits per heavy atom. The van der Waals surface area contributed by atoms with Gasteiger partial charge in [-0.1, -0.05) is 0 Å². The van der Waals surface area contributed by atoms with Crippen molar-refractivity contribution in [2.45, 2.75) is 57.2 Å². The number of carbonyl (C=O) groups is 2. The van der Waals surface area contributed by atoms with Crippen LogP contribution in [0.1, 0.15) is 58.6 Å². The Kier molecular flexibility index (Phi) is 6.90. The summed E-state index contributed by atoms with van der Waals surface area (Å²) in [6.45, 7) is 0.635. The minimum absolute atomic E-state index is 0.0315. The summed E-state index contributed by atoms with van der Waals surface area (Å²) in [6.07, 6.45) is 2.63. The summed E-state index contributed by atoms with van der Waals surface area (Å²) in [5.74, 6) is 0.368. The smallest absolute Gasteiger partial charge is 0.359 e. The van der Waals surface area contributed by atoms with Crippen molar-refractivity contribution in [1.29, 1.82) is 0 Å². The fraction of sp³-hybridized carbons (Fsp3) is 0.500. The van der Waals surface area contributed by atoms with Gasteiger partial charge in [0.1, 0.15) is 10.7 Å². The van der Waals surface area contributed by atoms with E-state index in [1.165, 1.54) is 17.4 Å². The van der Waals surface area contributed by atoms with Gasteiger partial charge in [-0.25, -0.2) is 4.98 Å². The third kappa shape index (κ3) is 5.97. The Morgan fingerprint density at radius 2 is 1.89 bits per heavy atom. The van der Waals surface area contributed by atoms with E-state index in [1.807, 2.05) is 0 Å². The van der Waals surface area contributed by atoms with Gasteiger partial charge in [-0.15, -0.1) is 11.3 Å². The molecule has 2 saturated carbocycles. The van der Waals surface area contributed by atoms with Crippen LogP contribution in [-0.2, 0) is 23.8 Å². The van der Waals surface area contributed by atoms with E-state index >= 15 is 0 Å². The molecule has 0 bridgehead atoms. The first-order valence-electron chi connectivity index (χ1n) is 12.0. The summed E-state index contributed by atoms with van der Waals surface area (Å²) in [6, 6.07) is 2.10. The molecular formula is C24H26F3N5O2S2. The van der Waals surface area contributed by atoms with E-state index in [4.69, 9.17) is 12.2 Å². The molecule has 0 unspecified atom stereocenters. The molecular weight excluding hydrogens is 511 g/mol. The van der Waals surface area contributed by atoms with Crippen LogP contribution >= 0.6 is 23.6 Å². The first kappa shape index (κ1) is 24.9. The molecule has 36 heavy (non-hydrogen) atoms. The lowest BCUT2D eigenvalue weighted by Crippen LogP contribution is -2.41. The van der Waals surface area contributed by atoms with Gasteiger partial charge >= 0.3 is 6.18 Å². The van der Waals surface area contributed by atoms with E-state index in [0.717, 1.165) is 61.2 Å². The Morgan fingerprint density at radius 3 is 2.53 bits per heavy atom. The fourth-order valence-electron chi connectivity index (χ4n) is 4.23. The van der Waals surface area contributed by atoms with Crippen molar-refractivity contribution in [3.8, 4) is 0 Å². The summed E-state index contributed by atoms with van der Waals surface area (Å²) in [5, 5.41) is 13.0. The minimum Gasteiger partial charge on any atom is -0.359 e. The van der Waals surface area contributed by atoms with Crippen molar-refractivity contribution in [2.24, 2.45) is 11.8 Å². The molecule has 0 aromatic carbocycles. The van der Waals surface area contributed by atoms with Gasteiger partial charge in [-0.3, -0.25) is 9.59 Å². The van der Waals surface area contributed by atoms with E-state index in [0.29, 0.717) is 35.1 Å². The summed E-state index contributed by atoms with van der Waals surface area (Å²) >= 11 is 6.85. The number of aryl methyl sites for hydroxylation is 1. The highest BCUT2D eigenvalue weighted by molar-refractivity contribution is 7.80. The van der Waals surface area contributed by atoms with Crippen LogP contribution < -0.4 is 21.3 Å².